The van der Waals surface area contributed by atoms with Crippen molar-refractivity contribution in [3.8, 4) is 11.5 Å². The Bertz CT molecular complexity index is 1830. The van der Waals surface area contributed by atoms with Crippen LogP contribution in [0.3, 0.4) is 0 Å². The van der Waals surface area contributed by atoms with Crippen LogP contribution in [-0.4, -0.2) is 122 Å². The molecule has 8 rings (SSSR count). The number of aromatic hydroxyl groups is 1. The lowest BCUT2D eigenvalue weighted by Gasteiger charge is -2.67. The maximum Gasteiger partial charge on any atom is 0.335 e. The third-order valence-electron chi connectivity index (χ3n) is 13.9. The van der Waals surface area contributed by atoms with E-state index in [1.807, 2.05) is 0 Å². The van der Waals surface area contributed by atoms with Gasteiger partial charge in [0.2, 0.25) is 6.29 Å². The normalized spacial score (nSPS) is 40.2. The fraction of sp³-hybridized carbons (Fsp3) is 0.692. The Morgan fingerprint density at radius 2 is 1.93 bits per heavy atom. The van der Waals surface area contributed by atoms with Crippen LogP contribution < -0.4 is 15.6 Å². The summed E-state index contributed by atoms with van der Waals surface area (Å²) < 4.78 is 25.5. The van der Waals surface area contributed by atoms with Crippen molar-refractivity contribution < 1.29 is 59.2 Å². The monoisotopic (exact) mass is 804 g/mol. The van der Waals surface area contributed by atoms with E-state index in [0.717, 1.165) is 37.9 Å². The molecular weight excluding hydrogens is 753 g/mol. The number of aliphatic hydroxyl groups is 4. The van der Waals surface area contributed by atoms with Gasteiger partial charge in [-0.1, -0.05) is 34.1 Å². The van der Waals surface area contributed by atoms with Gasteiger partial charge in [-0.25, -0.2) is 4.79 Å². The summed E-state index contributed by atoms with van der Waals surface area (Å²) in [6.45, 7) is 3.52. The molecular formula is C39H52N2O12S2. The number of carbonyl (C=O) groups is 2. The number of phenolic OH excluding ortho intramolecular Hbond substituents is 1. The van der Waals surface area contributed by atoms with Crippen LogP contribution in [0.4, 0.5) is 0 Å². The van der Waals surface area contributed by atoms with E-state index in [9.17, 15) is 40.2 Å². The summed E-state index contributed by atoms with van der Waals surface area (Å²) in [5, 5.41) is 67.1. The molecule has 2 saturated carbocycles. The Labute approximate surface area is 327 Å². The number of nitrogens with one attached hydrogen (secondary N) is 2. The van der Waals surface area contributed by atoms with Crippen LogP contribution in [0.5, 0.6) is 11.5 Å². The average molecular weight is 805 g/mol. The summed E-state index contributed by atoms with van der Waals surface area (Å²) in [5.41, 5.74) is 5.50. The number of ketones is 1. The second-order valence-electron chi connectivity index (χ2n) is 16.9. The number of phenols is 1. The Balaban J connectivity index is 1.16. The number of fused-ring (bicyclic) bond motifs is 1. The first-order chi connectivity index (χ1) is 26.3. The topological polar surface area (TPSA) is 216 Å². The van der Waals surface area contributed by atoms with Gasteiger partial charge in [0.05, 0.1) is 29.7 Å². The van der Waals surface area contributed by atoms with E-state index in [2.05, 4.69) is 10.9 Å². The molecule has 4 aliphatic heterocycles. The molecule has 14 nitrogen and oxygen atoms in total. The number of aliphatic hydroxyl groups excluding tert-OH is 4. The van der Waals surface area contributed by atoms with E-state index in [-0.39, 0.29) is 69.3 Å². The number of ether oxygens (including phenoxy) is 4. The van der Waals surface area contributed by atoms with Crippen molar-refractivity contribution in [3.63, 3.8) is 0 Å². The van der Waals surface area contributed by atoms with E-state index in [0.29, 0.717) is 37.7 Å². The molecule has 2 aromatic carbocycles. The van der Waals surface area contributed by atoms with Crippen molar-refractivity contribution in [2.45, 2.75) is 107 Å². The smallest absolute Gasteiger partial charge is 0.335 e. The van der Waals surface area contributed by atoms with Gasteiger partial charge in [-0.2, -0.15) is 0 Å². The van der Waals surface area contributed by atoms with Crippen LogP contribution in [-0.2, 0) is 14.2 Å². The third-order valence-corrected chi connectivity index (χ3v) is 16.1. The third kappa shape index (κ3) is 6.38. The summed E-state index contributed by atoms with van der Waals surface area (Å²) in [4.78, 5) is 24.7. The average Bonchev–Trinajstić information content (AvgIpc) is 3.53. The van der Waals surface area contributed by atoms with Gasteiger partial charge in [0.25, 0.3) is 0 Å². The Morgan fingerprint density at radius 3 is 2.67 bits per heavy atom. The molecule has 11 atom stereocenters. The van der Waals surface area contributed by atoms with E-state index in [4.69, 9.17) is 18.9 Å². The van der Waals surface area contributed by atoms with Gasteiger partial charge in [0.1, 0.15) is 41.4 Å². The molecule has 2 bridgehead atoms. The Morgan fingerprint density at radius 1 is 1.11 bits per heavy atom. The molecule has 0 amide bonds. The second-order valence-corrected chi connectivity index (χ2v) is 19.3. The highest BCUT2D eigenvalue weighted by Crippen LogP contribution is 2.65. The minimum Gasteiger partial charge on any atom is -0.506 e. The molecule has 11 unspecified atom stereocenters. The molecule has 6 fully saturated rings. The molecule has 8 N–H and O–H groups in total. The first-order valence-corrected chi connectivity index (χ1v) is 21.7. The van der Waals surface area contributed by atoms with Gasteiger partial charge >= 0.3 is 5.97 Å². The minimum absolute atomic E-state index is 0.0281. The van der Waals surface area contributed by atoms with Crippen LogP contribution in [0.25, 0.3) is 10.8 Å². The second kappa shape index (κ2) is 14.9. The number of hydrazine groups is 1. The molecule has 0 aromatic heterocycles. The van der Waals surface area contributed by atoms with E-state index >= 15 is 0 Å². The molecule has 4 heterocycles. The van der Waals surface area contributed by atoms with Crippen molar-refractivity contribution in [2.75, 3.05) is 38.1 Å². The van der Waals surface area contributed by atoms with Crippen molar-refractivity contribution in [2.24, 2.45) is 22.7 Å². The summed E-state index contributed by atoms with van der Waals surface area (Å²) in [5.74, 6) is -1.10. The summed E-state index contributed by atoms with van der Waals surface area (Å²) >= 11 is 0. The van der Waals surface area contributed by atoms with Gasteiger partial charge in [-0.15, -0.1) is 0 Å². The van der Waals surface area contributed by atoms with Crippen LogP contribution >= 0.6 is 21.6 Å². The van der Waals surface area contributed by atoms with Crippen molar-refractivity contribution in [1.82, 2.24) is 10.9 Å². The number of aryl methyl sites for hydroxylation is 1. The van der Waals surface area contributed by atoms with Crippen molar-refractivity contribution >= 4 is 44.1 Å². The molecule has 2 aromatic rings. The molecule has 3 spiro atoms. The highest BCUT2D eigenvalue weighted by atomic mass is 33.1. The maximum absolute atomic E-state index is 12.5. The molecule has 2 aliphatic carbocycles. The van der Waals surface area contributed by atoms with Gasteiger partial charge in [-0.05, 0) is 99.1 Å². The number of Topliss-reactive ketones (excluding diaryl/α,β-unsaturated/α-hetero) is 1. The largest absolute Gasteiger partial charge is 0.506 e. The number of hydrogen-bond acceptors (Lipinski definition) is 15. The number of carboxylic acid groups (broad SMARTS) is 1. The fourth-order valence-corrected chi connectivity index (χ4v) is 14.1. The van der Waals surface area contributed by atoms with Crippen LogP contribution in [0.15, 0.2) is 18.2 Å². The van der Waals surface area contributed by atoms with E-state index < -0.39 is 59.9 Å². The predicted molar refractivity (Wildman–Crippen MR) is 204 cm³/mol. The van der Waals surface area contributed by atoms with Crippen molar-refractivity contribution in [3.05, 3.63) is 34.9 Å². The van der Waals surface area contributed by atoms with E-state index in [1.165, 1.54) is 29.9 Å². The quantitative estimate of drug-likeness (QED) is 0.149. The highest BCUT2D eigenvalue weighted by Gasteiger charge is 2.67. The standard InChI is InChI=1S/C39H52N2O12S2/c1-20-10-22-11-23(34(48)49)12-25(29(22)30(45)28(20)21(2)44)52-35-31(46)33(47)39(27(14-43)53-35)7-6-38-16-36(5-3-4-26(36)40-41-38)13-24-15-50-17-37(8-9-42,32(24)38)18-54-55-19-51-39/h10-12,24,26-27,31-33,35,40-43,45-47H,3-9,13-19H2,1-2H3,(H,48,49). The number of benzene rings is 2. The van der Waals surface area contributed by atoms with Crippen LogP contribution in [0, 0.1) is 29.6 Å². The molecule has 55 heavy (non-hydrogen) atoms. The number of hydrogen-bond donors (Lipinski definition) is 8. The zero-order valence-electron chi connectivity index (χ0n) is 31.1. The molecule has 0 radical (unpaired) electrons. The summed E-state index contributed by atoms with van der Waals surface area (Å²) in [6.07, 6.45) is 0.304. The van der Waals surface area contributed by atoms with E-state index in [1.54, 1.807) is 23.8 Å². The van der Waals surface area contributed by atoms with Gasteiger partial charge < -0.3 is 49.6 Å². The van der Waals surface area contributed by atoms with Crippen molar-refractivity contribution in [1.29, 1.82) is 0 Å². The first-order valence-electron chi connectivity index (χ1n) is 19.3. The zero-order valence-corrected chi connectivity index (χ0v) is 32.8. The lowest BCUT2D eigenvalue weighted by atomic mass is 9.47. The fourth-order valence-electron chi connectivity index (χ4n) is 11.8. The highest BCUT2D eigenvalue weighted by molar-refractivity contribution is 8.76. The summed E-state index contributed by atoms with van der Waals surface area (Å²) in [7, 11) is 3.08. The number of aromatic carboxylic acids is 1. The Kier molecular flexibility index (Phi) is 10.7. The SMILES string of the molecule is CC(=O)c1c(C)cc2cc(C(=O)O)cc(OC3OC(CO)C4(CCC56CC7(CCCC7NN5)CC5COCC(CCO)(CSSCO4)C56)C(O)C3O)c2c1O. The zero-order chi connectivity index (χ0) is 38.9. The molecule has 6 aliphatic rings. The lowest BCUT2D eigenvalue weighted by Crippen LogP contribution is -2.77. The molecule has 4 saturated heterocycles. The van der Waals surface area contributed by atoms with Gasteiger partial charge in [0, 0.05) is 36.0 Å². The molecule has 16 heteroatoms. The maximum atomic E-state index is 12.5. The number of carbonyl (C=O) groups excluding carboxylic acids is 1. The summed E-state index contributed by atoms with van der Waals surface area (Å²) in [6, 6.07) is 4.41. The number of carboxylic acids is 1. The predicted octanol–water partition coefficient (Wildman–Crippen LogP) is 3.27. The molecule has 302 valence electrons. The van der Waals surface area contributed by atoms with Crippen LogP contribution in [0.2, 0.25) is 0 Å². The van der Waals surface area contributed by atoms with Gasteiger partial charge in [-0.3, -0.25) is 15.6 Å². The van der Waals surface area contributed by atoms with Crippen LogP contribution in [0.1, 0.15) is 84.6 Å². The number of rotatable bonds is 7. The Hall–Kier alpha value is -2.22. The first kappa shape index (κ1) is 39.6. The lowest BCUT2D eigenvalue weighted by molar-refractivity contribution is -0.323. The minimum atomic E-state index is -1.75. The van der Waals surface area contributed by atoms with Gasteiger partial charge in [0.15, 0.2) is 5.78 Å².